The Labute approximate surface area is 122 Å². The SMILES string of the molecule is CC(C)(C)c1nc(-c2cccc3cccnc23)c(N)s1. The van der Waals surface area contributed by atoms with E-state index in [4.69, 9.17) is 10.7 Å². The van der Waals surface area contributed by atoms with Gasteiger partial charge in [0, 0.05) is 22.6 Å². The van der Waals surface area contributed by atoms with Crippen LogP contribution in [-0.4, -0.2) is 9.97 Å². The molecular formula is C16H17N3S. The fourth-order valence-electron chi connectivity index (χ4n) is 2.14. The average molecular weight is 283 g/mol. The molecule has 3 aromatic rings. The average Bonchev–Trinajstić information content (AvgIpc) is 2.80. The van der Waals surface area contributed by atoms with Crippen molar-refractivity contribution in [2.24, 2.45) is 0 Å². The highest BCUT2D eigenvalue weighted by Crippen LogP contribution is 2.38. The molecule has 102 valence electrons. The first kappa shape index (κ1) is 13.1. The van der Waals surface area contributed by atoms with Crippen molar-refractivity contribution in [3.05, 3.63) is 41.5 Å². The first-order valence-electron chi connectivity index (χ1n) is 6.58. The maximum absolute atomic E-state index is 6.19. The first-order chi connectivity index (χ1) is 9.47. The highest BCUT2D eigenvalue weighted by atomic mass is 32.1. The van der Waals surface area contributed by atoms with E-state index in [0.717, 1.165) is 32.2 Å². The van der Waals surface area contributed by atoms with Gasteiger partial charge in [0.1, 0.15) is 15.7 Å². The Morgan fingerprint density at radius 1 is 1.10 bits per heavy atom. The second kappa shape index (κ2) is 4.56. The molecular weight excluding hydrogens is 266 g/mol. The third kappa shape index (κ3) is 2.16. The van der Waals surface area contributed by atoms with Gasteiger partial charge in [0.05, 0.1) is 5.52 Å². The van der Waals surface area contributed by atoms with E-state index in [9.17, 15) is 0 Å². The lowest BCUT2D eigenvalue weighted by molar-refractivity contribution is 0.586. The van der Waals surface area contributed by atoms with Gasteiger partial charge in [-0.05, 0) is 6.07 Å². The van der Waals surface area contributed by atoms with Crippen molar-refractivity contribution in [2.45, 2.75) is 26.2 Å². The lowest BCUT2D eigenvalue weighted by atomic mass is 9.98. The van der Waals surface area contributed by atoms with Gasteiger partial charge >= 0.3 is 0 Å². The summed E-state index contributed by atoms with van der Waals surface area (Å²) in [5.74, 6) is 0. The van der Waals surface area contributed by atoms with Gasteiger partial charge in [-0.25, -0.2) is 4.98 Å². The van der Waals surface area contributed by atoms with Crippen LogP contribution in [0.25, 0.3) is 22.2 Å². The molecule has 2 aromatic heterocycles. The van der Waals surface area contributed by atoms with Crippen molar-refractivity contribution < 1.29 is 0 Å². The fourth-order valence-corrected chi connectivity index (χ4v) is 3.04. The van der Waals surface area contributed by atoms with E-state index in [1.54, 1.807) is 17.5 Å². The molecule has 2 N–H and O–H groups in total. The molecule has 0 amide bonds. The summed E-state index contributed by atoms with van der Waals surface area (Å²) in [6.07, 6.45) is 1.80. The van der Waals surface area contributed by atoms with Crippen molar-refractivity contribution in [1.29, 1.82) is 0 Å². The standard InChI is InChI=1S/C16H17N3S/c1-16(2,3)15-19-13(14(17)20-15)11-8-4-6-10-7-5-9-18-12(10)11/h4-9H,17H2,1-3H3. The Kier molecular flexibility index (Phi) is 2.98. The Morgan fingerprint density at radius 3 is 2.55 bits per heavy atom. The number of nitrogens with zero attached hydrogens (tertiary/aromatic N) is 2. The molecule has 0 saturated heterocycles. The maximum atomic E-state index is 6.19. The smallest absolute Gasteiger partial charge is 0.114 e. The summed E-state index contributed by atoms with van der Waals surface area (Å²) >= 11 is 1.56. The highest BCUT2D eigenvalue weighted by Gasteiger charge is 2.22. The van der Waals surface area contributed by atoms with Gasteiger partial charge in [0.2, 0.25) is 0 Å². The Morgan fingerprint density at radius 2 is 1.85 bits per heavy atom. The minimum absolute atomic E-state index is 0.00898. The molecule has 4 heteroatoms. The first-order valence-corrected chi connectivity index (χ1v) is 7.39. The molecule has 0 bridgehead atoms. The van der Waals surface area contributed by atoms with Gasteiger partial charge in [0.25, 0.3) is 0 Å². The predicted molar refractivity (Wildman–Crippen MR) is 86.0 cm³/mol. The number of pyridine rings is 1. The normalized spacial score (nSPS) is 11.9. The van der Waals surface area contributed by atoms with E-state index >= 15 is 0 Å². The molecule has 0 aliphatic carbocycles. The zero-order valence-corrected chi connectivity index (χ0v) is 12.7. The number of hydrogen-bond donors (Lipinski definition) is 1. The quantitative estimate of drug-likeness (QED) is 0.726. The summed E-state index contributed by atoms with van der Waals surface area (Å²) in [6.45, 7) is 6.45. The van der Waals surface area contributed by atoms with Gasteiger partial charge in [0.15, 0.2) is 0 Å². The van der Waals surface area contributed by atoms with E-state index in [2.05, 4.69) is 37.9 Å². The van der Waals surface area contributed by atoms with Crippen LogP contribution in [-0.2, 0) is 5.41 Å². The number of para-hydroxylation sites is 1. The summed E-state index contributed by atoms with van der Waals surface area (Å²) < 4.78 is 0. The molecule has 0 saturated carbocycles. The number of benzene rings is 1. The van der Waals surface area contributed by atoms with Gasteiger partial charge in [-0.3, -0.25) is 4.98 Å². The summed E-state index contributed by atoms with van der Waals surface area (Å²) in [7, 11) is 0. The van der Waals surface area contributed by atoms with E-state index < -0.39 is 0 Å². The van der Waals surface area contributed by atoms with Crippen LogP contribution in [0.1, 0.15) is 25.8 Å². The molecule has 2 heterocycles. The van der Waals surface area contributed by atoms with Crippen molar-refractivity contribution >= 4 is 27.2 Å². The molecule has 0 atom stereocenters. The lowest BCUT2D eigenvalue weighted by Crippen LogP contribution is -2.10. The van der Waals surface area contributed by atoms with Crippen LogP contribution in [0.15, 0.2) is 36.5 Å². The van der Waals surface area contributed by atoms with Gasteiger partial charge in [-0.2, -0.15) is 0 Å². The molecule has 0 radical (unpaired) electrons. The zero-order valence-electron chi connectivity index (χ0n) is 11.8. The topological polar surface area (TPSA) is 51.8 Å². The van der Waals surface area contributed by atoms with Crippen LogP contribution in [0.5, 0.6) is 0 Å². The van der Waals surface area contributed by atoms with E-state index in [-0.39, 0.29) is 5.41 Å². The van der Waals surface area contributed by atoms with Crippen molar-refractivity contribution in [1.82, 2.24) is 9.97 Å². The minimum atomic E-state index is 0.00898. The number of aromatic nitrogens is 2. The van der Waals surface area contributed by atoms with Gasteiger partial charge < -0.3 is 5.73 Å². The molecule has 0 unspecified atom stereocenters. The number of fused-ring (bicyclic) bond motifs is 1. The number of anilines is 1. The third-order valence-electron chi connectivity index (χ3n) is 3.18. The lowest BCUT2D eigenvalue weighted by Gasteiger charge is -2.13. The van der Waals surface area contributed by atoms with Crippen LogP contribution in [0.2, 0.25) is 0 Å². The fraction of sp³-hybridized carbons (Fsp3) is 0.250. The van der Waals surface area contributed by atoms with Crippen molar-refractivity contribution in [2.75, 3.05) is 5.73 Å². The molecule has 0 fully saturated rings. The number of rotatable bonds is 1. The number of hydrogen-bond acceptors (Lipinski definition) is 4. The summed E-state index contributed by atoms with van der Waals surface area (Å²) in [6, 6.07) is 10.1. The number of thiazole rings is 1. The Hall–Kier alpha value is -1.94. The molecule has 0 spiro atoms. The monoisotopic (exact) mass is 283 g/mol. The van der Waals surface area contributed by atoms with Crippen LogP contribution in [0.3, 0.4) is 0 Å². The van der Waals surface area contributed by atoms with Crippen LogP contribution < -0.4 is 5.73 Å². The highest BCUT2D eigenvalue weighted by molar-refractivity contribution is 7.16. The van der Waals surface area contributed by atoms with E-state index in [0.29, 0.717) is 0 Å². The predicted octanol–water partition coefficient (Wildman–Crippen LogP) is 4.24. The summed E-state index contributed by atoms with van der Waals surface area (Å²) in [4.78, 5) is 9.23. The molecule has 0 aliphatic heterocycles. The number of nitrogens with two attached hydrogens (primary N) is 1. The molecule has 0 aliphatic rings. The van der Waals surface area contributed by atoms with Gasteiger partial charge in [-0.1, -0.05) is 45.0 Å². The second-order valence-electron chi connectivity index (χ2n) is 5.86. The Bertz CT molecular complexity index is 763. The van der Waals surface area contributed by atoms with Gasteiger partial charge in [-0.15, -0.1) is 11.3 Å². The van der Waals surface area contributed by atoms with Crippen LogP contribution in [0, 0.1) is 0 Å². The van der Waals surface area contributed by atoms with Crippen molar-refractivity contribution in [3.8, 4) is 11.3 Å². The molecule has 1 aromatic carbocycles. The third-order valence-corrected chi connectivity index (χ3v) is 4.49. The maximum Gasteiger partial charge on any atom is 0.114 e. The summed E-state index contributed by atoms with van der Waals surface area (Å²) in [5.41, 5.74) is 9.01. The minimum Gasteiger partial charge on any atom is -0.389 e. The molecule has 3 nitrogen and oxygen atoms in total. The molecule has 3 rings (SSSR count). The van der Waals surface area contributed by atoms with Crippen molar-refractivity contribution in [3.63, 3.8) is 0 Å². The second-order valence-corrected chi connectivity index (χ2v) is 6.89. The zero-order chi connectivity index (χ0) is 14.3. The number of nitrogen functional groups attached to an aromatic ring is 1. The van der Waals surface area contributed by atoms with E-state index in [1.807, 2.05) is 18.2 Å². The van der Waals surface area contributed by atoms with E-state index in [1.165, 1.54) is 0 Å². The Balaban J connectivity index is 2.24. The summed E-state index contributed by atoms with van der Waals surface area (Å²) in [5, 5.41) is 2.92. The largest absolute Gasteiger partial charge is 0.389 e. The van der Waals surface area contributed by atoms with Crippen LogP contribution in [0.4, 0.5) is 5.00 Å². The molecule has 20 heavy (non-hydrogen) atoms. The van der Waals surface area contributed by atoms with Crippen LogP contribution >= 0.6 is 11.3 Å².